The van der Waals surface area contributed by atoms with E-state index in [1.165, 1.54) is 31.6 Å². The van der Waals surface area contributed by atoms with E-state index in [-0.39, 0.29) is 36.9 Å². The smallest absolute Gasteiger partial charge is 0.258 e. The lowest BCUT2D eigenvalue weighted by Gasteiger charge is -2.39. The predicted molar refractivity (Wildman–Crippen MR) is 184 cm³/mol. The molecule has 2 N–H and O–H groups in total. The number of rotatable bonds is 3. The van der Waals surface area contributed by atoms with E-state index in [0.717, 1.165) is 0 Å². The number of halogens is 1. The monoisotopic (exact) mass is 688 g/mol. The Labute approximate surface area is 292 Å². The Morgan fingerprint density at radius 3 is 2.61 bits per heavy atom. The molecule has 2 aliphatic rings. The number of amides is 3. The van der Waals surface area contributed by atoms with Crippen LogP contribution in [0.3, 0.4) is 0 Å². The first kappa shape index (κ1) is 33.1. The molecule has 0 aliphatic carbocycles. The number of nitrogens with one attached hydrogen (secondary N) is 2. The van der Waals surface area contributed by atoms with Crippen LogP contribution in [0.15, 0.2) is 97.5 Å². The van der Waals surface area contributed by atoms with Crippen molar-refractivity contribution in [3.8, 4) is 39.9 Å². The Balaban J connectivity index is 1.20. The van der Waals surface area contributed by atoms with Gasteiger partial charge in [0.25, 0.3) is 17.7 Å². The van der Waals surface area contributed by atoms with Gasteiger partial charge in [-0.25, -0.2) is 14.4 Å². The van der Waals surface area contributed by atoms with Crippen molar-refractivity contribution in [2.45, 2.75) is 25.1 Å². The van der Waals surface area contributed by atoms with Gasteiger partial charge in [-0.3, -0.25) is 19.4 Å². The molecule has 1 fully saturated rings. The number of pyridine rings is 1. The summed E-state index contributed by atoms with van der Waals surface area (Å²) in [5.41, 5.74) is 3.00. The molecule has 2 atom stereocenters. The van der Waals surface area contributed by atoms with Crippen LogP contribution >= 0.6 is 0 Å². The number of carbonyl (C=O) groups excluding carboxylic acids is 3. The van der Waals surface area contributed by atoms with E-state index < -0.39 is 29.8 Å². The molecular weight excluding hydrogens is 655 g/mol. The maximum Gasteiger partial charge on any atom is 0.258 e. The third kappa shape index (κ3) is 7.62. The summed E-state index contributed by atoms with van der Waals surface area (Å²) >= 11 is 0. The number of aromatic nitrogens is 3. The summed E-state index contributed by atoms with van der Waals surface area (Å²) in [5, 5.41) is 5.82. The second-order valence-corrected chi connectivity index (χ2v) is 12.1. The molecule has 7 rings (SSSR count). The van der Waals surface area contributed by atoms with Crippen molar-refractivity contribution in [1.82, 2.24) is 30.5 Å². The highest BCUT2D eigenvalue weighted by molar-refractivity contribution is 5.97. The van der Waals surface area contributed by atoms with E-state index in [2.05, 4.69) is 25.6 Å². The van der Waals surface area contributed by atoms with Gasteiger partial charge in [-0.1, -0.05) is 18.2 Å². The molecule has 4 heterocycles. The number of ether oxygens (including phenoxy) is 3. The zero-order chi connectivity index (χ0) is 35.3. The summed E-state index contributed by atoms with van der Waals surface area (Å²) in [4.78, 5) is 54.8. The molecule has 0 unspecified atom stereocenters. The van der Waals surface area contributed by atoms with Crippen LogP contribution in [0.25, 0.3) is 22.6 Å². The average Bonchev–Trinajstić information content (AvgIpc) is 3.16. The second kappa shape index (κ2) is 14.6. The number of carbonyl (C=O) groups is 3. The molecule has 0 saturated carbocycles. The Bertz CT molecular complexity index is 2080. The first-order valence-electron chi connectivity index (χ1n) is 16.3. The lowest BCUT2D eigenvalue weighted by Crippen LogP contribution is -2.58. The molecule has 5 aromatic rings. The Hall–Kier alpha value is -6.37. The number of hydrogen-bond acceptors (Lipinski definition) is 9. The molecule has 51 heavy (non-hydrogen) atoms. The zero-order valence-electron chi connectivity index (χ0n) is 27.5. The van der Waals surface area contributed by atoms with Crippen LogP contribution in [0.1, 0.15) is 32.7 Å². The van der Waals surface area contributed by atoms with Crippen molar-refractivity contribution < 1.29 is 33.0 Å². The van der Waals surface area contributed by atoms with E-state index in [1.54, 1.807) is 65.7 Å². The molecule has 258 valence electrons. The van der Waals surface area contributed by atoms with Gasteiger partial charge in [0.05, 0.1) is 18.7 Å². The van der Waals surface area contributed by atoms with Crippen molar-refractivity contribution in [3.05, 3.63) is 120 Å². The fourth-order valence-electron chi connectivity index (χ4n) is 6.09. The van der Waals surface area contributed by atoms with Crippen molar-refractivity contribution in [3.63, 3.8) is 0 Å². The van der Waals surface area contributed by atoms with E-state index in [0.29, 0.717) is 58.2 Å². The Kier molecular flexibility index (Phi) is 9.50. The minimum atomic E-state index is -0.695. The first-order valence-corrected chi connectivity index (χ1v) is 16.3. The molecule has 6 bridgehead atoms. The van der Waals surface area contributed by atoms with Gasteiger partial charge in [0.1, 0.15) is 34.9 Å². The summed E-state index contributed by atoms with van der Waals surface area (Å²) in [6, 6.07) is 21.0. The van der Waals surface area contributed by atoms with Crippen LogP contribution in [-0.2, 0) is 11.3 Å². The van der Waals surface area contributed by atoms with E-state index in [4.69, 9.17) is 14.2 Å². The summed E-state index contributed by atoms with van der Waals surface area (Å²) in [6.45, 7) is 0.159. The fourth-order valence-corrected chi connectivity index (χ4v) is 6.09. The van der Waals surface area contributed by atoms with Gasteiger partial charge in [0, 0.05) is 61.8 Å². The molecule has 0 radical (unpaired) electrons. The predicted octanol–water partition coefficient (Wildman–Crippen LogP) is 4.45. The SMILES string of the molecule is COc1ccc2cc1-c1cccc(c1)OCC(=O)NCc1cc(F)cc(c1)O[C@@H]1CCN(C(=O)c3cnc(-c4ccccn4)nc3)C[C@H]1NC2=O. The molecule has 3 aromatic carbocycles. The second-order valence-electron chi connectivity index (χ2n) is 12.1. The number of hydrogen-bond donors (Lipinski definition) is 2. The zero-order valence-corrected chi connectivity index (χ0v) is 27.5. The van der Waals surface area contributed by atoms with Crippen molar-refractivity contribution in [1.29, 1.82) is 0 Å². The topological polar surface area (TPSA) is 145 Å². The standard InChI is InChI=1S/C38H33FN6O6/c1-49-33-9-8-25-16-30(33)24-5-4-6-28(15-24)50-22-35(46)41-18-23-13-27(39)17-29(14-23)51-34-10-12-45(21-32(34)44-37(25)47)38(48)26-19-42-36(43-20-26)31-7-2-3-11-40-31/h2-9,11,13-17,19-20,32,34H,10,12,18,21-22H2,1H3,(H,41,46)(H,44,47)/t32-,34-/m1/s1. The average molecular weight is 689 g/mol. The minimum absolute atomic E-state index is 0.0354. The Morgan fingerprint density at radius 2 is 1.80 bits per heavy atom. The molecule has 2 aliphatic heterocycles. The molecule has 3 amide bonds. The lowest BCUT2D eigenvalue weighted by molar-refractivity contribution is -0.123. The van der Waals surface area contributed by atoms with Crippen LogP contribution in [-0.4, -0.2) is 76.5 Å². The maximum atomic E-state index is 14.8. The third-order valence-electron chi connectivity index (χ3n) is 8.63. The third-order valence-corrected chi connectivity index (χ3v) is 8.63. The van der Waals surface area contributed by atoms with Crippen molar-refractivity contribution >= 4 is 17.7 Å². The van der Waals surface area contributed by atoms with Gasteiger partial charge in [-0.05, 0) is 65.7 Å². The largest absolute Gasteiger partial charge is 0.496 e. The summed E-state index contributed by atoms with van der Waals surface area (Å²) < 4.78 is 32.5. The van der Waals surface area contributed by atoms with Gasteiger partial charge in [0.15, 0.2) is 12.4 Å². The molecule has 13 heteroatoms. The van der Waals surface area contributed by atoms with Crippen LogP contribution < -0.4 is 24.8 Å². The number of likely N-dealkylation sites (tertiary alicyclic amines) is 1. The summed E-state index contributed by atoms with van der Waals surface area (Å²) in [5.74, 6) is -0.0988. The van der Waals surface area contributed by atoms with Gasteiger partial charge >= 0.3 is 0 Å². The van der Waals surface area contributed by atoms with Gasteiger partial charge in [0.2, 0.25) is 0 Å². The normalized spacial score (nSPS) is 17.6. The first-order chi connectivity index (χ1) is 24.8. The molecule has 0 spiro atoms. The number of fused-ring (bicyclic) bond motifs is 8. The van der Waals surface area contributed by atoms with E-state index in [1.807, 2.05) is 12.1 Å². The maximum absolute atomic E-state index is 14.8. The van der Waals surface area contributed by atoms with E-state index in [9.17, 15) is 18.8 Å². The lowest BCUT2D eigenvalue weighted by atomic mass is 9.98. The van der Waals surface area contributed by atoms with Gasteiger partial charge in [-0.15, -0.1) is 0 Å². The van der Waals surface area contributed by atoms with E-state index >= 15 is 0 Å². The highest BCUT2D eigenvalue weighted by Gasteiger charge is 2.35. The minimum Gasteiger partial charge on any atom is -0.496 e. The van der Waals surface area contributed by atoms with Crippen molar-refractivity contribution in [2.24, 2.45) is 0 Å². The van der Waals surface area contributed by atoms with Crippen LogP contribution in [0, 0.1) is 5.82 Å². The Morgan fingerprint density at radius 1 is 0.941 bits per heavy atom. The highest BCUT2D eigenvalue weighted by Crippen LogP contribution is 2.33. The molecule has 12 nitrogen and oxygen atoms in total. The van der Waals surface area contributed by atoms with Crippen LogP contribution in [0.2, 0.25) is 0 Å². The number of methoxy groups -OCH3 is 1. The van der Waals surface area contributed by atoms with Crippen LogP contribution in [0.5, 0.6) is 17.2 Å². The van der Waals surface area contributed by atoms with Gasteiger partial charge < -0.3 is 29.7 Å². The van der Waals surface area contributed by atoms with Crippen LogP contribution in [0.4, 0.5) is 4.39 Å². The van der Waals surface area contributed by atoms with Gasteiger partial charge in [-0.2, -0.15) is 0 Å². The molecule has 2 aromatic heterocycles. The number of benzene rings is 3. The summed E-state index contributed by atoms with van der Waals surface area (Å²) in [7, 11) is 1.54. The number of nitrogens with zero attached hydrogens (tertiary/aromatic N) is 4. The van der Waals surface area contributed by atoms with Crippen molar-refractivity contribution in [2.75, 3.05) is 26.8 Å². The fraction of sp³-hybridized carbons (Fsp3) is 0.211. The quantitative estimate of drug-likeness (QED) is 0.281. The molecule has 1 saturated heterocycles. The number of piperidine rings is 1. The molecular formula is C38H33FN6O6. The highest BCUT2D eigenvalue weighted by atomic mass is 19.1. The summed E-state index contributed by atoms with van der Waals surface area (Å²) in [6.07, 6.45) is 4.25.